The topological polar surface area (TPSA) is 78.9 Å². The number of benzene rings is 1. The number of hydrogen-bond donors (Lipinski definition) is 2. The molecule has 0 aliphatic carbocycles. The fourth-order valence-electron chi connectivity index (χ4n) is 3.02. The normalized spacial score (nSPS) is 19.9. The third-order valence-electron chi connectivity index (χ3n) is 4.17. The Kier molecular flexibility index (Phi) is 6.71. The average molecular weight is 368 g/mol. The van der Waals surface area contributed by atoms with Crippen LogP contribution in [0.25, 0.3) is 0 Å². The number of rotatable bonds is 7. The SMILES string of the molecule is CCN(C(=O)CO)C1CC(CCC(N)=S)N=C1c1ccc(Cl)cc1. The Balaban J connectivity index is 2.30. The number of carbonyl (C=O) groups excluding carboxylic acids is 1. The Morgan fingerprint density at radius 2 is 2.12 bits per heavy atom. The van der Waals surface area contributed by atoms with Gasteiger partial charge in [0, 0.05) is 11.6 Å². The maximum absolute atomic E-state index is 12.1. The van der Waals surface area contributed by atoms with Gasteiger partial charge in [0.1, 0.15) is 6.61 Å². The lowest BCUT2D eigenvalue weighted by molar-refractivity contribution is -0.135. The van der Waals surface area contributed by atoms with Gasteiger partial charge in [0.2, 0.25) is 5.91 Å². The van der Waals surface area contributed by atoms with Crippen molar-refractivity contribution in [3.63, 3.8) is 0 Å². The van der Waals surface area contributed by atoms with E-state index >= 15 is 0 Å². The summed E-state index contributed by atoms with van der Waals surface area (Å²) in [6.45, 7) is 1.91. The van der Waals surface area contributed by atoms with Crippen LogP contribution in [0.2, 0.25) is 5.02 Å². The highest BCUT2D eigenvalue weighted by Crippen LogP contribution is 2.27. The van der Waals surface area contributed by atoms with Gasteiger partial charge < -0.3 is 15.7 Å². The summed E-state index contributed by atoms with van der Waals surface area (Å²) in [5, 5.41) is 9.90. The first-order valence-electron chi connectivity index (χ1n) is 7.98. The Bertz CT molecular complexity index is 633. The molecule has 0 bridgehead atoms. The molecule has 5 nitrogen and oxygen atoms in total. The number of nitrogens with two attached hydrogens (primary N) is 1. The van der Waals surface area contributed by atoms with Gasteiger partial charge in [-0.25, -0.2) is 0 Å². The summed E-state index contributed by atoms with van der Waals surface area (Å²) in [6, 6.07) is 7.32. The summed E-state index contributed by atoms with van der Waals surface area (Å²) < 4.78 is 0. The Morgan fingerprint density at radius 1 is 1.46 bits per heavy atom. The van der Waals surface area contributed by atoms with Crippen LogP contribution in [0.4, 0.5) is 0 Å². The van der Waals surface area contributed by atoms with Crippen LogP contribution < -0.4 is 5.73 Å². The molecule has 0 saturated carbocycles. The molecule has 130 valence electrons. The summed E-state index contributed by atoms with van der Waals surface area (Å²) in [6.07, 6.45) is 2.10. The van der Waals surface area contributed by atoms with Crippen LogP contribution in [0, 0.1) is 0 Å². The van der Waals surface area contributed by atoms with E-state index in [1.807, 2.05) is 31.2 Å². The minimum atomic E-state index is -0.504. The van der Waals surface area contributed by atoms with Crippen LogP contribution in [0.1, 0.15) is 31.7 Å². The van der Waals surface area contributed by atoms with Gasteiger partial charge in [-0.1, -0.05) is 36.0 Å². The fourth-order valence-corrected chi connectivity index (χ4v) is 3.26. The predicted octanol–water partition coefficient (Wildman–Crippen LogP) is 2.18. The molecule has 0 spiro atoms. The molecular weight excluding hydrogens is 346 g/mol. The molecule has 1 amide bonds. The number of aliphatic hydroxyl groups excluding tert-OH is 1. The number of halogens is 1. The van der Waals surface area contributed by atoms with Crippen molar-refractivity contribution in [1.29, 1.82) is 0 Å². The first kappa shape index (κ1) is 18.8. The molecule has 2 unspecified atom stereocenters. The number of aliphatic imine (C=N–C) groups is 1. The lowest BCUT2D eigenvalue weighted by atomic mass is 9.98. The third-order valence-corrected chi connectivity index (χ3v) is 4.63. The maximum Gasteiger partial charge on any atom is 0.248 e. The van der Waals surface area contributed by atoms with Crippen LogP contribution >= 0.6 is 23.8 Å². The van der Waals surface area contributed by atoms with E-state index in [4.69, 9.17) is 34.5 Å². The molecule has 0 saturated heterocycles. The minimum absolute atomic E-state index is 0.0581. The standard InChI is InChI=1S/C17H22ClN3O2S/c1-2-21(16(23)10-22)14-9-13(7-8-15(19)24)20-17(14)11-3-5-12(18)6-4-11/h3-6,13-14,22H,2,7-10H2,1H3,(H2,19,24). The van der Waals surface area contributed by atoms with Crippen molar-refractivity contribution >= 4 is 40.4 Å². The number of amides is 1. The number of aliphatic hydroxyl groups is 1. The van der Waals surface area contributed by atoms with Gasteiger partial charge in [-0.2, -0.15) is 0 Å². The highest BCUT2D eigenvalue weighted by molar-refractivity contribution is 7.80. The highest BCUT2D eigenvalue weighted by Gasteiger charge is 2.34. The van der Waals surface area contributed by atoms with E-state index in [-0.39, 0.29) is 18.0 Å². The molecule has 24 heavy (non-hydrogen) atoms. The van der Waals surface area contributed by atoms with Crippen molar-refractivity contribution in [1.82, 2.24) is 4.90 Å². The number of thiocarbonyl (C=S) groups is 1. The molecule has 0 aromatic heterocycles. The molecule has 1 aromatic rings. The molecule has 1 heterocycles. The molecule has 0 fully saturated rings. The van der Waals surface area contributed by atoms with Crippen molar-refractivity contribution in [2.24, 2.45) is 10.7 Å². The lowest BCUT2D eigenvalue weighted by Crippen LogP contribution is -2.45. The lowest BCUT2D eigenvalue weighted by Gasteiger charge is -2.28. The van der Waals surface area contributed by atoms with Crippen LogP contribution in [0.15, 0.2) is 29.3 Å². The van der Waals surface area contributed by atoms with Crippen molar-refractivity contribution in [3.05, 3.63) is 34.9 Å². The summed E-state index contributed by atoms with van der Waals surface area (Å²) in [5.74, 6) is -0.292. The van der Waals surface area contributed by atoms with E-state index in [1.54, 1.807) is 4.90 Å². The first-order chi connectivity index (χ1) is 11.5. The molecule has 1 aromatic carbocycles. The molecule has 2 atom stereocenters. The molecule has 7 heteroatoms. The zero-order chi connectivity index (χ0) is 17.7. The van der Waals surface area contributed by atoms with E-state index < -0.39 is 6.61 Å². The van der Waals surface area contributed by atoms with E-state index in [0.29, 0.717) is 29.4 Å². The quantitative estimate of drug-likeness (QED) is 0.724. The fraction of sp³-hybridized carbons (Fsp3) is 0.471. The second-order valence-corrected chi connectivity index (χ2v) is 6.73. The monoisotopic (exact) mass is 367 g/mol. The average Bonchev–Trinajstić information content (AvgIpc) is 2.98. The summed E-state index contributed by atoms with van der Waals surface area (Å²) in [4.78, 5) is 19.1. The molecule has 1 aliphatic heterocycles. The molecule has 3 N–H and O–H groups in total. The minimum Gasteiger partial charge on any atom is -0.393 e. The number of hydrogen-bond acceptors (Lipinski definition) is 4. The van der Waals surface area contributed by atoms with Gasteiger partial charge in [0.05, 0.1) is 22.8 Å². The van der Waals surface area contributed by atoms with E-state index in [2.05, 4.69) is 0 Å². The van der Waals surface area contributed by atoms with Crippen molar-refractivity contribution in [2.45, 2.75) is 38.3 Å². The summed E-state index contributed by atoms with van der Waals surface area (Å²) in [7, 11) is 0. The van der Waals surface area contributed by atoms with Crippen molar-refractivity contribution in [2.75, 3.05) is 13.2 Å². The largest absolute Gasteiger partial charge is 0.393 e. The van der Waals surface area contributed by atoms with Crippen LogP contribution in [-0.2, 0) is 4.79 Å². The van der Waals surface area contributed by atoms with Gasteiger partial charge in [-0.3, -0.25) is 9.79 Å². The van der Waals surface area contributed by atoms with Crippen LogP contribution in [-0.4, -0.2) is 51.8 Å². The molecular formula is C17H22ClN3O2S. The van der Waals surface area contributed by atoms with E-state index in [0.717, 1.165) is 17.7 Å². The van der Waals surface area contributed by atoms with Crippen LogP contribution in [0.5, 0.6) is 0 Å². The van der Waals surface area contributed by atoms with E-state index in [9.17, 15) is 9.90 Å². The van der Waals surface area contributed by atoms with Crippen molar-refractivity contribution < 1.29 is 9.90 Å². The Hall–Kier alpha value is -1.50. The van der Waals surface area contributed by atoms with Gasteiger partial charge in [-0.05, 0) is 43.9 Å². The molecule has 0 radical (unpaired) electrons. The number of likely N-dealkylation sites (N-methyl/N-ethyl adjacent to an activating group) is 1. The second-order valence-electron chi connectivity index (χ2n) is 5.77. The van der Waals surface area contributed by atoms with Gasteiger partial charge in [-0.15, -0.1) is 0 Å². The zero-order valence-corrected chi connectivity index (χ0v) is 15.2. The summed E-state index contributed by atoms with van der Waals surface area (Å²) >= 11 is 10.9. The number of nitrogens with zero attached hydrogens (tertiary/aromatic N) is 2. The molecule has 2 rings (SSSR count). The third kappa shape index (κ3) is 4.53. The predicted molar refractivity (Wildman–Crippen MR) is 101 cm³/mol. The summed E-state index contributed by atoms with van der Waals surface area (Å²) in [5.41, 5.74) is 7.38. The Morgan fingerprint density at radius 3 is 2.67 bits per heavy atom. The van der Waals surface area contributed by atoms with Crippen molar-refractivity contribution in [3.8, 4) is 0 Å². The zero-order valence-electron chi connectivity index (χ0n) is 13.6. The highest BCUT2D eigenvalue weighted by atomic mass is 35.5. The smallest absolute Gasteiger partial charge is 0.248 e. The van der Waals surface area contributed by atoms with E-state index in [1.165, 1.54) is 0 Å². The molecule has 1 aliphatic rings. The Labute approximate surface area is 152 Å². The van der Waals surface area contributed by atoms with Gasteiger partial charge in [0.25, 0.3) is 0 Å². The van der Waals surface area contributed by atoms with Gasteiger partial charge in [0.15, 0.2) is 0 Å². The number of carbonyl (C=O) groups is 1. The van der Waals surface area contributed by atoms with Crippen LogP contribution in [0.3, 0.4) is 0 Å². The van der Waals surface area contributed by atoms with Gasteiger partial charge >= 0.3 is 0 Å². The maximum atomic E-state index is 12.1. The first-order valence-corrected chi connectivity index (χ1v) is 8.77. The second kappa shape index (κ2) is 8.55.